The molecule has 1 unspecified atom stereocenters. The third-order valence-electron chi connectivity index (χ3n) is 2.83. The second kappa shape index (κ2) is 5.71. The van der Waals surface area contributed by atoms with Crippen molar-refractivity contribution in [3.63, 3.8) is 0 Å². The Balaban J connectivity index is 2.35. The molecule has 19 heavy (non-hydrogen) atoms. The van der Waals surface area contributed by atoms with Crippen LogP contribution in [0.5, 0.6) is 5.75 Å². The van der Waals surface area contributed by atoms with Crippen molar-refractivity contribution in [1.29, 1.82) is 0 Å². The Morgan fingerprint density at radius 3 is 2.79 bits per heavy atom. The van der Waals surface area contributed by atoms with E-state index in [1.165, 1.54) is 18.2 Å². The molecule has 2 aromatic rings. The first-order valence-corrected chi connectivity index (χ1v) is 6.07. The maximum absolute atomic E-state index is 13.2. The summed E-state index contributed by atoms with van der Waals surface area (Å²) < 4.78 is 18.6. The molecule has 0 heterocycles. The molecule has 4 heteroatoms. The number of benzene rings is 2. The summed E-state index contributed by atoms with van der Waals surface area (Å²) in [7, 11) is 0. The summed E-state index contributed by atoms with van der Waals surface area (Å²) in [6.07, 6.45) is -0.976. The number of hydrogen-bond donors (Lipinski definition) is 2. The van der Waals surface area contributed by atoms with E-state index in [9.17, 15) is 9.50 Å². The average Bonchev–Trinajstić information content (AvgIpc) is 2.41. The van der Waals surface area contributed by atoms with E-state index in [2.05, 4.69) is 0 Å². The Kier molecular flexibility index (Phi) is 4.02. The molecule has 100 valence electrons. The molecule has 0 aliphatic carbocycles. The number of nitrogens with two attached hydrogens (primary N) is 1. The lowest BCUT2D eigenvalue weighted by atomic mass is 10.00. The first-order chi connectivity index (χ1) is 9.11. The van der Waals surface area contributed by atoms with Gasteiger partial charge in [0.1, 0.15) is 17.7 Å². The zero-order chi connectivity index (χ0) is 13.8. The highest BCUT2D eigenvalue weighted by atomic mass is 19.1. The van der Waals surface area contributed by atoms with Crippen LogP contribution in [0, 0.1) is 5.82 Å². The van der Waals surface area contributed by atoms with Crippen molar-refractivity contribution in [2.24, 2.45) is 0 Å². The van der Waals surface area contributed by atoms with E-state index in [1.807, 2.05) is 6.92 Å². The van der Waals surface area contributed by atoms with Crippen molar-refractivity contribution in [1.82, 2.24) is 0 Å². The van der Waals surface area contributed by atoms with E-state index in [4.69, 9.17) is 10.5 Å². The first kappa shape index (κ1) is 13.4. The number of nitrogen functional groups attached to an aromatic ring is 1. The Labute approximate surface area is 111 Å². The number of halogens is 1. The molecule has 0 fully saturated rings. The predicted molar refractivity (Wildman–Crippen MR) is 72.5 cm³/mol. The number of hydrogen-bond acceptors (Lipinski definition) is 3. The molecule has 0 radical (unpaired) electrons. The number of ether oxygens (including phenoxy) is 1. The minimum Gasteiger partial charge on any atom is -0.494 e. The van der Waals surface area contributed by atoms with Gasteiger partial charge in [-0.3, -0.25) is 0 Å². The monoisotopic (exact) mass is 261 g/mol. The standard InChI is InChI=1S/C15H16FNO2/c1-2-19-12-5-3-4-10(8-12)15(18)13-9-11(16)6-7-14(13)17/h3-9,15,18H,2,17H2,1H3. The first-order valence-electron chi connectivity index (χ1n) is 6.07. The van der Waals surface area contributed by atoms with Crippen molar-refractivity contribution in [2.75, 3.05) is 12.3 Å². The van der Waals surface area contributed by atoms with Gasteiger partial charge in [0.05, 0.1) is 6.61 Å². The van der Waals surface area contributed by atoms with Crippen LogP contribution in [0.2, 0.25) is 0 Å². The fourth-order valence-corrected chi connectivity index (χ4v) is 1.90. The Morgan fingerprint density at radius 1 is 1.26 bits per heavy atom. The largest absolute Gasteiger partial charge is 0.494 e. The normalized spacial score (nSPS) is 12.2. The predicted octanol–water partition coefficient (Wildman–Crippen LogP) is 2.89. The summed E-state index contributed by atoms with van der Waals surface area (Å²) in [6, 6.07) is 11.0. The molecule has 1 atom stereocenters. The SMILES string of the molecule is CCOc1cccc(C(O)c2cc(F)ccc2N)c1. The minimum atomic E-state index is -0.976. The summed E-state index contributed by atoms with van der Waals surface area (Å²) in [5.41, 5.74) is 7.09. The molecular weight excluding hydrogens is 245 g/mol. The molecule has 2 aromatic carbocycles. The molecule has 0 aromatic heterocycles. The van der Waals surface area contributed by atoms with E-state index in [0.29, 0.717) is 29.2 Å². The van der Waals surface area contributed by atoms with Gasteiger partial charge in [-0.2, -0.15) is 0 Å². The van der Waals surface area contributed by atoms with Gasteiger partial charge in [-0.25, -0.2) is 4.39 Å². The Hall–Kier alpha value is -2.07. The highest BCUT2D eigenvalue weighted by Gasteiger charge is 2.15. The second-order valence-corrected chi connectivity index (χ2v) is 4.18. The third kappa shape index (κ3) is 3.03. The summed E-state index contributed by atoms with van der Waals surface area (Å²) in [5, 5.41) is 10.3. The quantitative estimate of drug-likeness (QED) is 0.832. The van der Waals surface area contributed by atoms with Crippen molar-refractivity contribution in [3.05, 3.63) is 59.4 Å². The molecule has 0 bridgehead atoms. The van der Waals surface area contributed by atoms with Crippen LogP contribution in [0.1, 0.15) is 24.2 Å². The van der Waals surface area contributed by atoms with Crippen LogP contribution in [0.15, 0.2) is 42.5 Å². The highest BCUT2D eigenvalue weighted by Crippen LogP contribution is 2.29. The zero-order valence-electron chi connectivity index (χ0n) is 10.6. The van der Waals surface area contributed by atoms with Gasteiger partial charge in [-0.15, -0.1) is 0 Å². The molecular formula is C15H16FNO2. The maximum Gasteiger partial charge on any atom is 0.123 e. The molecule has 0 amide bonds. The molecule has 3 N–H and O–H groups in total. The van der Waals surface area contributed by atoms with Gasteiger partial charge in [0, 0.05) is 11.3 Å². The van der Waals surface area contributed by atoms with E-state index < -0.39 is 11.9 Å². The molecule has 0 aliphatic heterocycles. The lowest BCUT2D eigenvalue weighted by Crippen LogP contribution is -2.05. The van der Waals surface area contributed by atoms with Crippen LogP contribution in [0.4, 0.5) is 10.1 Å². The Morgan fingerprint density at radius 2 is 2.05 bits per heavy atom. The third-order valence-corrected chi connectivity index (χ3v) is 2.83. The average molecular weight is 261 g/mol. The van der Waals surface area contributed by atoms with Gasteiger partial charge in [0.25, 0.3) is 0 Å². The topological polar surface area (TPSA) is 55.5 Å². The van der Waals surface area contributed by atoms with Crippen LogP contribution < -0.4 is 10.5 Å². The smallest absolute Gasteiger partial charge is 0.123 e. The zero-order valence-corrected chi connectivity index (χ0v) is 10.6. The van der Waals surface area contributed by atoms with Crippen LogP contribution in [0.25, 0.3) is 0 Å². The highest BCUT2D eigenvalue weighted by molar-refractivity contribution is 5.51. The van der Waals surface area contributed by atoms with Gasteiger partial charge in [0.15, 0.2) is 0 Å². The van der Waals surface area contributed by atoms with E-state index >= 15 is 0 Å². The van der Waals surface area contributed by atoms with Gasteiger partial charge >= 0.3 is 0 Å². The van der Waals surface area contributed by atoms with Gasteiger partial charge in [-0.1, -0.05) is 12.1 Å². The lowest BCUT2D eigenvalue weighted by molar-refractivity contribution is 0.219. The van der Waals surface area contributed by atoms with Crippen LogP contribution >= 0.6 is 0 Å². The Bertz CT molecular complexity index is 572. The molecule has 3 nitrogen and oxygen atoms in total. The maximum atomic E-state index is 13.2. The van der Waals surface area contributed by atoms with Gasteiger partial charge < -0.3 is 15.6 Å². The fourth-order valence-electron chi connectivity index (χ4n) is 1.90. The lowest BCUT2D eigenvalue weighted by Gasteiger charge is -2.15. The molecule has 0 saturated heterocycles. The van der Waals surface area contributed by atoms with Crippen molar-refractivity contribution in [2.45, 2.75) is 13.0 Å². The van der Waals surface area contributed by atoms with Crippen molar-refractivity contribution < 1.29 is 14.2 Å². The molecule has 0 saturated carbocycles. The van der Waals surface area contributed by atoms with E-state index in [0.717, 1.165) is 0 Å². The van der Waals surface area contributed by atoms with Gasteiger partial charge in [-0.05, 0) is 42.8 Å². The summed E-state index contributed by atoms with van der Waals surface area (Å²) in [5.74, 6) is 0.234. The molecule has 0 spiro atoms. The van der Waals surface area contributed by atoms with Crippen molar-refractivity contribution in [3.8, 4) is 5.75 Å². The minimum absolute atomic E-state index is 0.355. The van der Waals surface area contributed by atoms with E-state index in [-0.39, 0.29) is 0 Å². The summed E-state index contributed by atoms with van der Waals surface area (Å²) in [6.45, 7) is 2.43. The molecule has 2 rings (SSSR count). The second-order valence-electron chi connectivity index (χ2n) is 4.18. The number of anilines is 1. The summed E-state index contributed by atoms with van der Waals surface area (Å²) >= 11 is 0. The van der Waals surface area contributed by atoms with Crippen LogP contribution in [-0.2, 0) is 0 Å². The fraction of sp³-hybridized carbons (Fsp3) is 0.200. The summed E-state index contributed by atoms with van der Waals surface area (Å²) in [4.78, 5) is 0. The van der Waals surface area contributed by atoms with Crippen molar-refractivity contribution >= 4 is 5.69 Å². The van der Waals surface area contributed by atoms with Gasteiger partial charge in [0.2, 0.25) is 0 Å². The number of aliphatic hydroxyl groups is 1. The van der Waals surface area contributed by atoms with E-state index in [1.54, 1.807) is 24.3 Å². The number of aliphatic hydroxyl groups excluding tert-OH is 1. The number of rotatable bonds is 4. The van der Waals surface area contributed by atoms with Crippen LogP contribution in [0.3, 0.4) is 0 Å². The van der Waals surface area contributed by atoms with Crippen LogP contribution in [-0.4, -0.2) is 11.7 Å². The molecule has 0 aliphatic rings.